The van der Waals surface area contributed by atoms with Crippen molar-refractivity contribution >= 4 is 17.9 Å². The zero-order chi connectivity index (χ0) is 20.8. The molecule has 29 heavy (non-hydrogen) atoms. The third-order valence-corrected chi connectivity index (χ3v) is 3.90. The molecule has 0 amide bonds. The average molecular weight is 392 g/mol. The predicted molar refractivity (Wildman–Crippen MR) is 103 cm³/mol. The van der Waals surface area contributed by atoms with Crippen LogP contribution in [0.25, 0.3) is 0 Å². The molecular formula is C22H16O7. The van der Waals surface area contributed by atoms with E-state index in [4.69, 9.17) is 14.2 Å². The lowest BCUT2D eigenvalue weighted by molar-refractivity contribution is 0.0671. The summed E-state index contributed by atoms with van der Waals surface area (Å²) in [6.45, 7) is 0. The van der Waals surface area contributed by atoms with Gasteiger partial charge in [-0.05, 0) is 36.4 Å². The van der Waals surface area contributed by atoms with E-state index in [1.54, 1.807) is 48.5 Å². The van der Waals surface area contributed by atoms with Crippen LogP contribution in [-0.4, -0.2) is 30.1 Å². The maximum absolute atomic E-state index is 12.5. The van der Waals surface area contributed by atoms with Crippen molar-refractivity contribution in [2.75, 3.05) is 7.11 Å². The highest BCUT2D eigenvalue weighted by Crippen LogP contribution is 2.39. The summed E-state index contributed by atoms with van der Waals surface area (Å²) in [5, 5.41) is 9.33. The minimum atomic E-state index is -1.26. The van der Waals surface area contributed by atoms with Crippen LogP contribution in [0.5, 0.6) is 17.2 Å². The maximum atomic E-state index is 12.5. The Morgan fingerprint density at radius 1 is 0.690 bits per heavy atom. The van der Waals surface area contributed by atoms with Crippen LogP contribution < -0.4 is 14.2 Å². The van der Waals surface area contributed by atoms with E-state index in [9.17, 15) is 19.5 Å². The van der Waals surface area contributed by atoms with E-state index in [1.165, 1.54) is 25.3 Å². The third-order valence-electron chi connectivity index (χ3n) is 3.90. The first kappa shape index (κ1) is 19.6. The molecule has 3 aromatic rings. The molecule has 0 spiro atoms. The topological polar surface area (TPSA) is 99.1 Å². The lowest BCUT2D eigenvalue weighted by atomic mass is 10.1. The normalized spacial score (nSPS) is 10.1. The number of carbonyl (C=O) groups excluding carboxylic acids is 2. The molecule has 0 radical (unpaired) electrons. The minimum absolute atomic E-state index is 0.0648. The number of aromatic carboxylic acids is 1. The van der Waals surface area contributed by atoms with Crippen LogP contribution in [0.2, 0.25) is 0 Å². The molecule has 0 aliphatic rings. The molecule has 0 atom stereocenters. The quantitative estimate of drug-likeness (QED) is 0.503. The highest BCUT2D eigenvalue weighted by molar-refractivity contribution is 5.95. The molecular weight excluding hydrogens is 376 g/mol. The van der Waals surface area contributed by atoms with Crippen molar-refractivity contribution in [3.05, 3.63) is 89.5 Å². The molecule has 0 aromatic heterocycles. The van der Waals surface area contributed by atoms with Crippen molar-refractivity contribution in [2.45, 2.75) is 0 Å². The summed E-state index contributed by atoms with van der Waals surface area (Å²) in [5.74, 6) is -3.24. The maximum Gasteiger partial charge on any atom is 0.343 e. The van der Waals surface area contributed by atoms with Crippen molar-refractivity contribution in [2.24, 2.45) is 0 Å². The van der Waals surface area contributed by atoms with Gasteiger partial charge >= 0.3 is 17.9 Å². The van der Waals surface area contributed by atoms with Crippen molar-refractivity contribution in [1.29, 1.82) is 0 Å². The number of methoxy groups -OCH3 is 1. The molecule has 1 N–H and O–H groups in total. The van der Waals surface area contributed by atoms with Crippen molar-refractivity contribution < 1.29 is 33.7 Å². The number of ether oxygens (including phenoxy) is 3. The van der Waals surface area contributed by atoms with Gasteiger partial charge in [0.15, 0.2) is 11.5 Å². The molecule has 0 aliphatic heterocycles. The fraction of sp³-hybridized carbons (Fsp3) is 0.0455. The van der Waals surface area contributed by atoms with E-state index in [0.29, 0.717) is 0 Å². The number of rotatable bonds is 6. The molecule has 0 saturated carbocycles. The van der Waals surface area contributed by atoms with E-state index >= 15 is 0 Å². The Morgan fingerprint density at radius 3 is 1.66 bits per heavy atom. The number of hydrogen-bond acceptors (Lipinski definition) is 6. The molecule has 0 unspecified atom stereocenters. The Morgan fingerprint density at radius 2 is 1.17 bits per heavy atom. The van der Waals surface area contributed by atoms with E-state index in [-0.39, 0.29) is 33.9 Å². The Hall–Kier alpha value is -4.13. The lowest BCUT2D eigenvalue weighted by Crippen LogP contribution is -2.14. The molecule has 0 saturated heterocycles. The molecule has 3 rings (SSSR count). The molecule has 0 fully saturated rings. The Kier molecular flexibility index (Phi) is 5.89. The second-order valence-electron chi connectivity index (χ2n) is 5.82. The number of benzene rings is 3. The number of carbonyl (C=O) groups is 3. The van der Waals surface area contributed by atoms with Gasteiger partial charge in [-0.15, -0.1) is 0 Å². The van der Waals surface area contributed by atoms with Crippen LogP contribution in [0.3, 0.4) is 0 Å². The highest BCUT2D eigenvalue weighted by Gasteiger charge is 2.23. The molecule has 0 bridgehead atoms. The number of carboxylic acid groups (broad SMARTS) is 1. The molecule has 7 nitrogen and oxygen atoms in total. The van der Waals surface area contributed by atoms with Gasteiger partial charge in [0.2, 0.25) is 5.75 Å². The molecule has 146 valence electrons. The van der Waals surface area contributed by atoms with Crippen molar-refractivity contribution in [3.8, 4) is 17.2 Å². The Labute approximate surface area is 166 Å². The SMILES string of the molecule is COc1cc(C(=O)O)cc(OC(=O)c2ccccc2)c1OC(=O)c1ccccc1. The Bertz CT molecular complexity index is 1040. The van der Waals surface area contributed by atoms with E-state index in [2.05, 4.69) is 0 Å². The third kappa shape index (κ3) is 4.59. The summed E-state index contributed by atoms with van der Waals surface area (Å²) < 4.78 is 15.9. The smallest absolute Gasteiger partial charge is 0.343 e. The number of carboxylic acids is 1. The fourth-order valence-corrected chi connectivity index (χ4v) is 2.49. The largest absolute Gasteiger partial charge is 0.493 e. The first-order chi connectivity index (χ1) is 14.0. The molecule has 0 heterocycles. The van der Waals surface area contributed by atoms with Gasteiger partial charge in [0, 0.05) is 0 Å². The van der Waals surface area contributed by atoms with Gasteiger partial charge in [-0.1, -0.05) is 36.4 Å². The molecule has 3 aromatic carbocycles. The number of esters is 2. The van der Waals surface area contributed by atoms with E-state index in [0.717, 1.165) is 6.07 Å². The second-order valence-corrected chi connectivity index (χ2v) is 5.82. The van der Waals surface area contributed by atoms with Crippen LogP contribution in [0.1, 0.15) is 31.1 Å². The monoisotopic (exact) mass is 392 g/mol. The van der Waals surface area contributed by atoms with Gasteiger partial charge in [0.25, 0.3) is 0 Å². The van der Waals surface area contributed by atoms with E-state index in [1.807, 2.05) is 0 Å². The minimum Gasteiger partial charge on any atom is -0.493 e. The highest BCUT2D eigenvalue weighted by atomic mass is 16.6. The average Bonchev–Trinajstić information content (AvgIpc) is 2.75. The van der Waals surface area contributed by atoms with Crippen LogP contribution in [0, 0.1) is 0 Å². The zero-order valence-corrected chi connectivity index (χ0v) is 15.3. The predicted octanol–water partition coefficient (Wildman–Crippen LogP) is 3.83. The molecule has 7 heteroatoms. The lowest BCUT2D eigenvalue weighted by Gasteiger charge is -2.15. The van der Waals surface area contributed by atoms with Gasteiger partial charge in [-0.3, -0.25) is 0 Å². The van der Waals surface area contributed by atoms with Gasteiger partial charge in [-0.2, -0.15) is 0 Å². The van der Waals surface area contributed by atoms with Gasteiger partial charge in [0.05, 0.1) is 23.8 Å². The van der Waals surface area contributed by atoms with Crippen LogP contribution in [0.4, 0.5) is 0 Å². The standard InChI is InChI=1S/C22H16O7/c1-27-17-12-16(20(23)24)13-18(28-21(25)14-8-4-2-5-9-14)19(17)29-22(26)15-10-6-3-7-11-15/h2-13H,1H3,(H,23,24). The van der Waals surface area contributed by atoms with Gasteiger partial charge < -0.3 is 19.3 Å². The van der Waals surface area contributed by atoms with Crippen LogP contribution in [-0.2, 0) is 0 Å². The number of hydrogen-bond donors (Lipinski definition) is 1. The zero-order valence-electron chi connectivity index (χ0n) is 15.3. The Balaban J connectivity index is 2.01. The second kappa shape index (κ2) is 8.71. The summed E-state index contributed by atoms with van der Waals surface area (Å²) in [6.07, 6.45) is 0. The van der Waals surface area contributed by atoms with Gasteiger partial charge in [-0.25, -0.2) is 14.4 Å². The summed E-state index contributed by atoms with van der Waals surface area (Å²) >= 11 is 0. The fourth-order valence-electron chi connectivity index (χ4n) is 2.49. The van der Waals surface area contributed by atoms with Gasteiger partial charge in [0.1, 0.15) is 0 Å². The first-order valence-electron chi connectivity index (χ1n) is 8.49. The summed E-state index contributed by atoms with van der Waals surface area (Å²) in [7, 11) is 1.28. The van der Waals surface area contributed by atoms with E-state index < -0.39 is 17.9 Å². The van der Waals surface area contributed by atoms with Crippen LogP contribution >= 0.6 is 0 Å². The summed E-state index contributed by atoms with van der Waals surface area (Å²) in [4.78, 5) is 36.4. The summed E-state index contributed by atoms with van der Waals surface area (Å²) in [6, 6.07) is 18.6. The van der Waals surface area contributed by atoms with Crippen molar-refractivity contribution in [1.82, 2.24) is 0 Å². The van der Waals surface area contributed by atoms with Crippen LogP contribution in [0.15, 0.2) is 72.8 Å². The van der Waals surface area contributed by atoms with Crippen molar-refractivity contribution in [3.63, 3.8) is 0 Å². The summed E-state index contributed by atoms with van der Waals surface area (Å²) in [5.41, 5.74) is 0.307. The molecule has 0 aliphatic carbocycles. The first-order valence-corrected chi connectivity index (χ1v) is 8.49.